The summed E-state index contributed by atoms with van der Waals surface area (Å²) in [5.74, 6) is 1.11. The average molecular weight is 304 g/mol. The number of hydrogen-bond donors (Lipinski definition) is 1. The molecule has 7 nitrogen and oxygen atoms in total. The van der Waals surface area contributed by atoms with Gasteiger partial charge in [-0.15, -0.1) is 11.8 Å². The minimum Gasteiger partial charge on any atom is -0.319 e. The second-order valence-corrected chi connectivity index (χ2v) is 5.64. The van der Waals surface area contributed by atoms with E-state index in [1.54, 1.807) is 41.1 Å². The monoisotopic (exact) mass is 304 g/mol. The summed E-state index contributed by atoms with van der Waals surface area (Å²) in [4.78, 5) is 24.2. The highest BCUT2D eigenvalue weighted by Gasteiger charge is 2.30. The summed E-state index contributed by atoms with van der Waals surface area (Å²) >= 11 is 1.56. The van der Waals surface area contributed by atoms with E-state index in [-0.39, 0.29) is 11.6 Å². The lowest BCUT2D eigenvalue weighted by molar-refractivity contribution is -0.385. The van der Waals surface area contributed by atoms with Crippen LogP contribution in [0, 0.1) is 17.0 Å². The lowest BCUT2D eigenvalue weighted by Gasteiger charge is -2.32. The van der Waals surface area contributed by atoms with Gasteiger partial charge in [-0.05, 0) is 6.92 Å². The van der Waals surface area contributed by atoms with Crippen LogP contribution < -0.4 is 5.43 Å². The van der Waals surface area contributed by atoms with Gasteiger partial charge in [0.2, 0.25) is 0 Å². The predicted molar refractivity (Wildman–Crippen MR) is 79.8 cm³/mol. The van der Waals surface area contributed by atoms with E-state index in [0.717, 1.165) is 5.75 Å². The van der Waals surface area contributed by atoms with Crippen molar-refractivity contribution < 1.29 is 9.72 Å². The normalized spacial score (nSPS) is 17.6. The van der Waals surface area contributed by atoms with Gasteiger partial charge in [-0.2, -0.15) is 5.10 Å². The lowest BCUT2D eigenvalue weighted by atomic mass is 10.1. The summed E-state index contributed by atoms with van der Waals surface area (Å²) in [5, 5.41) is 16.9. The quantitative estimate of drug-likeness (QED) is 0.662. The maximum absolute atomic E-state index is 11.8. The largest absolute Gasteiger partial charge is 0.319 e. The van der Waals surface area contributed by atoms with Gasteiger partial charge in [-0.3, -0.25) is 14.9 Å². The molecule has 2 heterocycles. The van der Waals surface area contributed by atoms with E-state index in [2.05, 4.69) is 10.5 Å². The highest BCUT2D eigenvalue weighted by atomic mass is 32.2. The number of rotatable bonds is 2. The highest BCUT2D eigenvalue weighted by molar-refractivity contribution is 8.02. The molecule has 0 bridgehead atoms. The summed E-state index contributed by atoms with van der Waals surface area (Å²) in [6.07, 6.45) is 0. The van der Waals surface area contributed by atoms with Crippen LogP contribution in [0.3, 0.4) is 0 Å². The molecule has 0 atom stereocenters. The van der Waals surface area contributed by atoms with Crippen LogP contribution in [0.1, 0.15) is 11.1 Å². The van der Waals surface area contributed by atoms with E-state index in [0.29, 0.717) is 29.2 Å². The molecule has 1 aromatic rings. The third kappa shape index (κ3) is 2.38. The number of carbonyl (C=O) groups excluding carboxylic acids is 1. The predicted octanol–water partition coefficient (Wildman–Crippen LogP) is 1.58. The summed E-state index contributed by atoms with van der Waals surface area (Å²) in [6, 6.07) is 4.96. The number of hydrogen-bond acceptors (Lipinski definition) is 6. The molecule has 0 radical (unpaired) electrons. The number of nitrogens with zero attached hydrogens (tertiary/aromatic N) is 3. The number of nitrogens with one attached hydrogen (secondary N) is 1. The first-order valence-corrected chi connectivity index (χ1v) is 7.35. The smallest absolute Gasteiger partial charge is 0.288 e. The van der Waals surface area contributed by atoms with Crippen molar-refractivity contribution in [1.82, 2.24) is 10.3 Å². The maximum Gasteiger partial charge on any atom is 0.288 e. The number of amides is 1. The Morgan fingerprint density at radius 1 is 1.48 bits per heavy atom. The first-order chi connectivity index (χ1) is 10.1. The molecule has 108 valence electrons. The molecule has 2 aliphatic rings. The van der Waals surface area contributed by atoms with Crippen LogP contribution in [0.2, 0.25) is 0 Å². The number of hydrazone groups is 1. The number of nitro benzene ring substituents is 1. The maximum atomic E-state index is 11.8. The van der Waals surface area contributed by atoms with Gasteiger partial charge in [0.05, 0.1) is 4.92 Å². The fraction of sp³-hybridized carbons (Fsp3) is 0.231. The minimum absolute atomic E-state index is 0.0454. The van der Waals surface area contributed by atoms with Crippen LogP contribution in [-0.4, -0.2) is 33.9 Å². The molecule has 3 rings (SSSR count). The van der Waals surface area contributed by atoms with Crippen molar-refractivity contribution in [2.24, 2.45) is 5.10 Å². The van der Waals surface area contributed by atoms with E-state index in [4.69, 9.17) is 0 Å². The molecular weight excluding hydrogens is 292 g/mol. The van der Waals surface area contributed by atoms with Crippen LogP contribution in [0.25, 0.3) is 0 Å². The molecule has 1 N–H and O–H groups in total. The van der Waals surface area contributed by atoms with Crippen molar-refractivity contribution in [1.29, 1.82) is 0 Å². The molecule has 0 aromatic heterocycles. The first kappa shape index (κ1) is 13.6. The van der Waals surface area contributed by atoms with Crippen LogP contribution in [0.4, 0.5) is 5.69 Å². The number of aryl methyl sites for hydroxylation is 1. The van der Waals surface area contributed by atoms with Gasteiger partial charge >= 0.3 is 0 Å². The van der Waals surface area contributed by atoms with Crippen molar-refractivity contribution in [2.75, 3.05) is 12.3 Å². The van der Waals surface area contributed by atoms with Gasteiger partial charge in [-0.1, -0.05) is 12.1 Å². The Hall–Kier alpha value is -2.35. The summed E-state index contributed by atoms with van der Waals surface area (Å²) < 4.78 is 0. The standard InChI is InChI=1S/C13H12N4O3S/c1-8-2-3-9(6-10(8)17(19)20)12-14-15-13(18)11-7-21-5-4-16(11)12/h2-3,6-7H,4-5H2,1H3,(H,15,18). The number of fused-ring (bicyclic) bond motifs is 1. The molecule has 8 heteroatoms. The molecule has 1 amide bonds. The Bertz CT molecular complexity index is 699. The Kier molecular flexibility index (Phi) is 3.38. The molecule has 21 heavy (non-hydrogen) atoms. The Labute approximate surface area is 124 Å². The van der Waals surface area contributed by atoms with Crippen molar-refractivity contribution in [2.45, 2.75) is 6.92 Å². The SMILES string of the molecule is Cc1ccc(C2=NNC(=O)C3=CSCCN32)cc1[N+](=O)[O-]. The fourth-order valence-electron chi connectivity index (χ4n) is 2.25. The Morgan fingerprint density at radius 3 is 3.05 bits per heavy atom. The fourth-order valence-corrected chi connectivity index (χ4v) is 3.05. The zero-order valence-corrected chi connectivity index (χ0v) is 12.0. The Balaban J connectivity index is 2.06. The van der Waals surface area contributed by atoms with E-state index < -0.39 is 4.92 Å². The Morgan fingerprint density at radius 2 is 2.29 bits per heavy atom. The number of nitro groups is 1. The number of benzene rings is 1. The van der Waals surface area contributed by atoms with Gasteiger partial charge in [0.1, 0.15) is 5.70 Å². The van der Waals surface area contributed by atoms with E-state index >= 15 is 0 Å². The number of amidine groups is 1. The topological polar surface area (TPSA) is 87.8 Å². The summed E-state index contributed by atoms with van der Waals surface area (Å²) in [6.45, 7) is 2.33. The third-order valence-corrected chi connectivity index (χ3v) is 4.14. The van der Waals surface area contributed by atoms with Gasteiger partial charge in [0.25, 0.3) is 11.6 Å². The van der Waals surface area contributed by atoms with Crippen LogP contribution in [-0.2, 0) is 4.79 Å². The molecular formula is C13H12N4O3S. The van der Waals surface area contributed by atoms with E-state index in [9.17, 15) is 14.9 Å². The molecule has 2 aliphatic heterocycles. The molecule has 0 saturated carbocycles. The van der Waals surface area contributed by atoms with Crippen molar-refractivity contribution in [3.05, 3.63) is 50.5 Å². The lowest BCUT2D eigenvalue weighted by Crippen LogP contribution is -2.45. The number of carbonyl (C=O) groups is 1. The molecule has 0 unspecified atom stereocenters. The zero-order chi connectivity index (χ0) is 15.0. The highest BCUT2D eigenvalue weighted by Crippen LogP contribution is 2.26. The van der Waals surface area contributed by atoms with Crippen LogP contribution in [0.5, 0.6) is 0 Å². The van der Waals surface area contributed by atoms with Gasteiger partial charge in [0, 0.05) is 34.9 Å². The molecule has 0 aliphatic carbocycles. The van der Waals surface area contributed by atoms with Gasteiger partial charge < -0.3 is 4.90 Å². The molecule has 0 saturated heterocycles. The molecule has 1 aromatic carbocycles. The summed E-state index contributed by atoms with van der Waals surface area (Å²) in [5.41, 5.74) is 4.23. The minimum atomic E-state index is -0.413. The number of thioether (sulfide) groups is 1. The second kappa shape index (κ2) is 5.21. The summed E-state index contributed by atoms with van der Waals surface area (Å²) in [7, 11) is 0. The van der Waals surface area contributed by atoms with Crippen molar-refractivity contribution in [3.8, 4) is 0 Å². The van der Waals surface area contributed by atoms with E-state index in [1.807, 2.05) is 0 Å². The average Bonchev–Trinajstić information content (AvgIpc) is 2.48. The van der Waals surface area contributed by atoms with E-state index in [1.165, 1.54) is 6.07 Å². The zero-order valence-electron chi connectivity index (χ0n) is 11.2. The van der Waals surface area contributed by atoms with Crippen LogP contribution in [0.15, 0.2) is 34.4 Å². The molecule has 0 spiro atoms. The van der Waals surface area contributed by atoms with Gasteiger partial charge in [0.15, 0.2) is 5.84 Å². The van der Waals surface area contributed by atoms with Crippen molar-refractivity contribution in [3.63, 3.8) is 0 Å². The van der Waals surface area contributed by atoms with Gasteiger partial charge in [-0.25, -0.2) is 5.43 Å². The van der Waals surface area contributed by atoms with Crippen LogP contribution >= 0.6 is 11.8 Å². The van der Waals surface area contributed by atoms with Crippen molar-refractivity contribution >= 4 is 29.2 Å². The third-order valence-electron chi connectivity index (χ3n) is 3.33. The first-order valence-electron chi connectivity index (χ1n) is 6.30. The second-order valence-electron chi connectivity index (χ2n) is 4.66. The molecule has 0 fully saturated rings.